The number of hydrogen-bond acceptors (Lipinski definition) is 2. The van der Waals surface area contributed by atoms with Gasteiger partial charge in [0.05, 0.1) is 18.4 Å². The lowest BCUT2D eigenvalue weighted by Crippen LogP contribution is -2.28. The Morgan fingerprint density at radius 1 is 1.45 bits per heavy atom. The number of aromatic nitrogens is 2. The highest BCUT2D eigenvalue weighted by molar-refractivity contribution is 7.80. The first-order chi connectivity index (χ1) is 9.69. The topological polar surface area (TPSA) is 41.9 Å². The highest BCUT2D eigenvalue weighted by Crippen LogP contribution is 2.11. The molecule has 1 aromatic carbocycles. The molecule has 0 saturated heterocycles. The summed E-state index contributed by atoms with van der Waals surface area (Å²) in [7, 11) is 0. The number of nitrogens with zero attached hydrogens (tertiary/aromatic N) is 2. The minimum atomic E-state index is 0.570. The van der Waals surface area contributed by atoms with Crippen LogP contribution in [0.3, 0.4) is 0 Å². The Kier molecular flexibility index (Phi) is 4.90. The maximum Gasteiger partial charge on any atom is 0.171 e. The molecule has 20 heavy (non-hydrogen) atoms. The van der Waals surface area contributed by atoms with E-state index in [9.17, 15) is 0 Å². The second kappa shape index (κ2) is 6.86. The van der Waals surface area contributed by atoms with Gasteiger partial charge in [0, 0.05) is 12.7 Å². The summed E-state index contributed by atoms with van der Waals surface area (Å²) in [4.78, 5) is 0. The van der Waals surface area contributed by atoms with Crippen molar-refractivity contribution in [1.29, 1.82) is 0 Å². The van der Waals surface area contributed by atoms with Crippen molar-refractivity contribution in [3.63, 3.8) is 0 Å². The standard InChI is InChI=1S/C15H18N4S/c1-3-8-16-15(20)18-14-9-17-19(11-14)10-13-7-5-4-6-12(13)2/h3-7,9,11H,1,8,10H2,2H3,(H2,16,18,20). The van der Waals surface area contributed by atoms with Gasteiger partial charge in [-0.1, -0.05) is 30.3 Å². The van der Waals surface area contributed by atoms with E-state index in [4.69, 9.17) is 12.2 Å². The van der Waals surface area contributed by atoms with Crippen LogP contribution in [0.5, 0.6) is 0 Å². The van der Waals surface area contributed by atoms with Crippen LogP contribution in [0.25, 0.3) is 0 Å². The fraction of sp³-hybridized carbons (Fsp3) is 0.200. The summed E-state index contributed by atoms with van der Waals surface area (Å²) in [6.45, 7) is 7.13. The van der Waals surface area contributed by atoms with Crippen molar-refractivity contribution in [3.8, 4) is 0 Å². The minimum Gasteiger partial charge on any atom is -0.359 e. The Balaban J connectivity index is 1.97. The van der Waals surface area contributed by atoms with Gasteiger partial charge in [0.1, 0.15) is 0 Å². The molecule has 0 bridgehead atoms. The van der Waals surface area contributed by atoms with E-state index in [1.165, 1.54) is 11.1 Å². The molecule has 0 atom stereocenters. The molecule has 0 amide bonds. The Bertz CT molecular complexity index is 603. The average Bonchev–Trinajstić information content (AvgIpc) is 2.86. The first-order valence-corrected chi connectivity index (χ1v) is 6.82. The van der Waals surface area contributed by atoms with E-state index in [1.54, 1.807) is 12.3 Å². The third-order valence-corrected chi connectivity index (χ3v) is 3.14. The summed E-state index contributed by atoms with van der Waals surface area (Å²) in [5.74, 6) is 0. The third kappa shape index (κ3) is 3.93. The molecule has 0 spiro atoms. The second-order valence-corrected chi connectivity index (χ2v) is 4.89. The van der Waals surface area contributed by atoms with Crippen molar-refractivity contribution < 1.29 is 0 Å². The first kappa shape index (κ1) is 14.3. The molecular formula is C15H18N4S. The van der Waals surface area contributed by atoms with Crippen LogP contribution < -0.4 is 10.6 Å². The van der Waals surface area contributed by atoms with E-state index in [-0.39, 0.29) is 0 Å². The van der Waals surface area contributed by atoms with Crippen LogP contribution in [0.15, 0.2) is 49.3 Å². The summed E-state index contributed by atoms with van der Waals surface area (Å²) < 4.78 is 1.89. The van der Waals surface area contributed by atoms with E-state index < -0.39 is 0 Å². The first-order valence-electron chi connectivity index (χ1n) is 6.42. The Morgan fingerprint density at radius 3 is 3.00 bits per heavy atom. The summed E-state index contributed by atoms with van der Waals surface area (Å²) in [6, 6.07) is 8.30. The lowest BCUT2D eigenvalue weighted by atomic mass is 10.1. The number of hydrogen-bond donors (Lipinski definition) is 2. The minimum absolute atomic E-state index is 0.570. The van der Waals surface area contributed by atoms with Crippen LogP contribution in [0.4, 0.5) is 5.69 Å². The fourth-order valence-electron chi connectivity index (χ4n) is 1.82. The van der Waals surface area contributed by atoms with E-state index in [1.807, 2.05) is 23.0 Å². The maximum atomic E-state index is 5.15. The van der Waals surface area contributed by atoms with Gasteiger partial charge in [0.25, 0.3) is 0 Å². The van der Waals surface area contributed by atoms with Gasteiger partial charge in [-0.15, -0.1) is 6.58 Å². The summed E-state index contributed by atoms with van der Waals surface area (Å²) in [5, 5.41) is 11.0. The lowest BCUT2D eigenvalue weighted by Gasteiger charge is -2.06. The molecule has 0 aliphatic heterocycles. The summed E-state index contributed by atoms with van der Waals surface area (Å²) in [5.41, 5.74) is 3.40. The van der Waals surface area contributed by atoms with Crippen molar-refractivity contribution in [1.82, 2.24) is 15.1 Å². The van der Waals surface area contributed by atoms with Gasteiger partial charge >= 0.3 is 0 Å². The van der Waals surface area contributed by atoms with Crippen LogP contribution in [0.2, 0.25) is 0 Å². The van der Waals surface area contributed by atoms with Crippen molar-refractivity contribution in [2.24, 2.45) is 0 Å². The van der Waals surface area contributed by atoms with E-state index in [0.717, 1.165) is 12.2 Å². The molecule has 4 nitrogen and oxygen atoms in total. The smallest absolute Gasteiger partial charge is 0.171 e. The molecule has 0 aliphatic rings. The molecule has 0 unspecified atom stereocenters. The molecule has 2 rings (SSSR count). The highest BCUT2D eigenvalue weighted by atomic mass is 32.1. The second-order valence-electron chi connectivity index (χ2n) is 4.48. The van der Waals surface area contributed by atoms with Gasteiger partial charge in [0.2, 0.25) is 0 Å². The number of aryl methyl sites for hydroxylation is 1. The third-order valence-electron chi connectivity index (χ3n) is 2.89. The molecule has 2 aromatic rings. The van der Waals surface area contributed by atoms with E-state index in [2.05, 4.69) is 41.4 Å². The molecule has 0 aliphatic carbocycles. The van der Waals surface area contributed by atoms with Gasteiger partial charge < -0.3 is 10.6 Å². The van der Waals surface area contributed by atoms with Gasteiger partial charge in [-0.05, 0) is 30.3 Å². The maximum absolute atomic E-state index is 5.15. The molecule has 0 saturated carbocycles. The van der Waals surface area contributed by atoms with Crippen molar-refractivity contribution in [2.45, 2.75) is 13.5 Å². The molecule has 1 aromatic heterocycles. The van der Waals surface area contributed by atoms with Crippen molar-refractivity contribution in [3.05, 3.63) is 60.4 Å². The normalized spacial score (nSPS) is 10.1. The molecule has 104 valence electrons. The van der Waals surface area contributed by atoms with Crippen molar-refractivity contribution >= 4 is 23.0 Å². The summed E-state index contributed by atoms with van der Waals surface area (Å²) in [6.07, 6.45) is 5.46. The Labute approximate surface area is 124 Å². The number of rotatable bonds is 5. The van der Waals surface area contributed by atoms with Crippen LogP contribution >= 0.6 is 12.2 Å². The van der Waals surface area contributed by atoms with Crippen LogP contribution in [-0.2, 0) is 6.54 Å². The predicted octanol–water partition coefficient (Wildman–Crippen LogP) is 2.71. The zero-order chi connectivity index (χ0) is 14.4. The Hall–Kier alpha value is -2.14. The number of thiocarbonyl (C=S) groups is 1. The molecule has 2 N–H and O–H groups in total. The average molecular weight is 286 g/mol. The lowest BCUT2D eigenvalue weighted by molar-refractivity contribution is 0.684. The Morgan fingerprint density at radius 2 is 2.25 bits per heavy atom. The van der Waals surface area contributed by atoms with E-state index in [0.29, 0.717) is 11.7 Å². The molecule has 1 heterocycles. The van der Waals surface area contributed by atoms with Crippen LogP contribution in [0, 0.1) is 6.92 Å². The molecule has 5 heteroatoms. The largest absolute Gasteiger partial charge is 0.359 e. The quantitative estimate of drug-likeness (QED) is 0.655. The number of nitrogens with one attached hydrogen (secondary N) is 2. The molecule has 0 radical (unpaired) electrons. The molecular weight excluding hydrogens is 268 g/mol. The monoisotopic (exact) mass is 286 g/mol. The van der Waals surface area contributed by atoms with Gasteiger partial charge in [-0.2, -0.15) is 5.10 Å². The van der Waals surface area contributed by atoms with Crippen LogP contribution in [0.1, 0.15) is 11.1 Å². The van der Waals surface area contributed by atoms with Crippen LogP contribution in [-0.4, -0.2) is 21.4 Å². The van der Waals surface area contributed by atoms with E-state index >= 15 is 0 Å². The highest BCUT2D eigenvalue weighted by Gasteiger charge is 2.03. The number of anilines is 1. The van der Waals surface area contributed by atoms with Gasteiger partial charge in [-0.25, -0.2) is 0 Å². The van der Waals surface area contributed by atoms with Crippen molar-refractivity contribution in [2.75, 3.05) is 11.9 Å². The molecule has 0 fully saturated rings. The SMILES string of the molecule is C=CCNC(=S)Nc1cnn(Cc2ccccc2C)c1. The van der Waals surface area contributed by atoms with Gasteiger partial charge in [0.15, 0.2) is 5.11 Å². The predicted molar refractivity (Wildman–Crippen MR) is 86.9 cm³/mol. The summed E-state index contributed by atoms with van der Waals surface area (Å²) >= 11 is 5.15. The zero-order valence-corrected chi connectivity index (χ0v) is 12.3. The zero-order valence-electron chi connectivity index (χ0n) is 11.5. The van der Waals surface area contributed by atoms with Gasteiger partial charge in [-0.3, -0.25) is 4.68 Å². The fourth-order valence-corrected chi connectivity index (χ4v) is 2.02. The number of benzene rings is 1.